The number of benzene rings is 2. The molecule has 28 heavy (non-hydrogen) atoms. The van der Waals surface area contributed by atoms with Crippen LogP contribution in [-0.2, 0) is 9.59 Å². The number of Topliss-reactive ketones (excluding diaryl/α,β-unsaturated/α-hetero) is 1. The zero-order valence-electron chi connectivity index (χ0n) is 15.5. The van der Waals surface area contributed by atoms with Gasteiger partial charge in [0.15, 0.2) is 17.3 Å². The van der Waals surface area contributed by atoms with Crippen LogP contribution < -0.4 is 18.9 Å². The van der Waals surface area contributed by atoms with Gasteiger partial charge in [0.05, 0.1) is 13.5 Å². The summed E-state index contributed by atoms with van der Waals surface area (Å²) in [5.74, 6) is -1.02. The van der Waals surface area contributed by atoms with E-state index in [1.54, 1.807) is 18.2 Å². The first-order valence-electron chi connectivity index (χ1n) is 8.40. The van der Waals surface area contributed by atoms with E-state index < -0.39 is 18.0 Å². The molecule has 2 aromatic rings. The third-order valence-corrected chi connectivity index (χ3v) is 4.05. The minimum Gasteiger partial charge on any atom is -0.507 e. The van der Waals surface area contributed by atoms with Gasteiger partial charge in [-0.25, -0.2) is 0 Å². The maximum Gasteiger partial charge on any atom is 0.308 e. The summed E-state index contributed by atoms with van der Waals surface area (Å²) >= 11 is 0. The zero-order chi connectivity index (χ0) is 20.4. The van der Waals surface area contributed by atoms with Gasteiger partial charge in [-0.1, -0.05) is 6.07 Å². The van der Waals surface area contributed by atoms with Crippen LogP contribution in [-0.4, -0.2) is 29.9 Å². The van der Waals surface area contributed by atoms with Crippen LogP contribution in [0.2, 0.25) is 0 Å². The molecule has 1 N–H and O–H groups in total. The second-order valence-corrected chi connectivity index (χ2v) is 6.15. The highest BCUT2D eigenvalue weighted by Crippen LogP contribution is 2.43. The third-order valence-electron chi connectivity index (χ3n) is 4.05. The molecule has 1 aliphatic heterocycles. The SMILES string of the molecule is COc1ccc(C2CC(=O)c3c(O)cc(OC(C)=O)cc3O2)cc1OC(C)=O. The summed E-state index contributed by atoms with van der Waals surface area (Å²) in [4.78, 5) is 35.0. The minimum atomic E-state index is -0.688. The molecule has 0 amide bonds. The van der Waals surface area contributed by atoms with Crippen molar-refractivity contribution in [3.05, 3.63) is 41.5 Å². The van der Waals surface area contributed by atoms with Gasteiger partial charge in [0.1, 0.15) is 28.9 Å². The molecule has 1 heterocycles. The molecule has 0 aromatic heterocycles. The number of methoxy groups -OCH3 is 1. The molecule has 1 unspecified atom stereocenters. The standard InChI is InChI=1S/C20H18O8/c1-10(21)26-13-7-14(23)20-15(24)9-17(28-19(20)8-13)12-4-5-16(25-3)18(6-12)27-11(2)22/h4-8,17,23H,9H2,1-3H3. The lowest BCUT2D eigenvalue weighted by molar-refractivity contribution is -0.132. The summed E-state index contributed by atoms with van der Waals surface area (Å²) in [6.45, 7) is 2.49. The van der Waals surface area contributed by atoms with Crippen molar-refractivity contribution in [2.45, 2.75) is 26.4 Å². The fourth-order valence-corrected chi connectivity index (χ4v) is 2.95. The molecule has 0 radical (unpaired) electrons. The fraction of sp³-hybridized carbons (Fsp3) is 0.250. The molecule has 3 rings (SSSR count). The highest BCUT2D eigenvalue weighted by molar-refractivity contribution is 6.02. The van der Waals surface area contributed by atoms with E-state index in [9.17, 15) is 19.5 Å². The molecule has 1 aliphatic rings. The van der Waals surface area contributed by atoms with E-state index in [2.05, 4.69) is 0 Å². The number of hydrogen-bond donors (Lipinski definition) is 1. The Hall–Kier alpha value is -3.55. The number of phenolic OH excluding ortho intramolecular Hbond substituents is 1. The van der Waals surface area contributed by atoms with Crippen LogP contribution in [0, 0.1) is 0 Å². The third kappa shape index (κ3) is 3.90. The summed E-state index contributed by atoms with van der Waals surface area (Å²) in [6.07, 6.45) is -0.716. The zero-order valence-corrected chi connectivity index (χ0v) is 15.5. The number of phenols is 1. The summed E-state index contributed by atoms with van der Waals surface area (Å²) in [7, 11) is 1.44. The van der Waals surface area contributed by atoms with Crippen LogP contribution in [0.3, 0.4) is 0 Å². The second kappa shape index (κ2) is 7.59. The Kier molecular flexibility index (Phi) is 5.21. The number of ketones is 1. The lowest BCUT2D eigenvalue weighted by atomic mass is 9.95. The van der Waals surface area contributed by atoms with Crippen molar-refractivity contribution < 1.29 is 38.4 Å². The Morgan fingerprint density at radius 1 is 1.07 bits per heavy atom. The number of carbonyl (C=O) groups excluding carboxylic acids is 3. The smallest absolute Gasteiger partial charge is 0.308 e. The lowest BCUT2D eigenvalue weighted by Gasteiger charge is -2.26. The van der Waals surface area contributed by atoms with Crippen LogP contribution >= 0.6 is 0 Å². The van der Waals surface area contributed by atoms with Crippen molar-refractivity contribution in [1.82, 2.24) is 0 Å². The van der Waals surface area contributed by atoms with Crippen LogP contribution in [0.4, 0.5) is 0 Å². The van der Waals surface area contributed by atoms with Crippen LogP contribution in [0.15, 0.2) is 30.3 Å². The molecule has 0 bridgehead atoms. The first-order valence-corrected chi connectivity index (χ1v) is 8.40. The number of rotatable bonds is 4. The van der Waals surface area contributed by atoms with Crippen molar-refractivity contribution in [3.8, 4) is 28.7 Å². The summed E-state index contributed by atoms with van der Waals surface area (Å²) in [5, 5.41) is 10.1. The number of hydrogen-bond acceptors (Lipinski definition) is 8. The number of ether oxygens (including phenoxy) is 4. The van der Waals surface area contributed by atoms with Crippen LogP contribution in [0.25, 0.3) is 0 Å². The molecule has 146 valence electrons. The second-order valence-electron chi connectivity index (χ2n) is 6.15. The molecule has 8 heteroatoms. The molecular weight excluding hydrogens is 368 g/mol. The maximum atomic E-state index is 12.6. The summed E-state index contributed by atoms with van der Waals surface area (Å²) in [6, 6.07) is 7.40. The first kappa shape index (κ1) is 19.2. The molecule has 0 fully saturated rings. The molecular formula is C20H18O8. The Bertz CT molecular complexity index is 963. The molecule has 0 spiro atoms. The van der Waals surface area contributed by atoms with Crippen molar-refractivity contribution >= 4 is 17.7 Å². The number of esters is 2. The molecule has 2 aromatic carbocycles. The maximum absolute atomic E-state index is 12.6. The summed E-state index contributed by atoms with van der Waals surface area (Å²) in [5.41, 5.74) is 0.606. The van der Waals surface area contributed by atoms with Crippen LogP contribution in [0.1, 0.15) is 42.3 Å². The van der Waals surface area contributed by atoms with E-state index in [0.717, 1.165) is 0 Å². The fourth-order valence-electron chi connectivity index (χ4n) is 2.95. The van der Waals surface area contributed by atoms with Gasteiger partial charge in [0, 0.05) is 26.0 Å². The van der Waals surface area contributed by atoms with Crippen molar-refractivity contribution in [2.75, 3.05) is 7.11 Å². The molecule has 0 saturated heterocycles. The van der Waals surface area contributed by atoms with Gasteiger partial charge in [0.25, 0.3) is 0 Å². The normalized spacial score (nSPS) is 15.2. The number of carbonyl (C=O) groups is 3. The molecule has 0 saturated carbocycles. The topological polar surface area (TPSA) is 108 Å². The molecule has 0 aliphatic carbocycles. The van der Waals surface area contributed by atoms with E-state index in [-0.39, 0.29) is 40.8 Å². The Morgan fingerprint density at radius 3 is 2.43 bits per heavy atom. The van der Waals surface area contributed by atoms with Gasteiger partial charge < -0.3 is 24.1 Å². The Labute approximate surface area is 160 Å². The number of aromatic hydroxyl groups is 1. The number of fused-ring (bicyclic) bond motifs is 1. The van der Waals surface area contributed by atoms with Crippen molar-refractivity contribution in [3.63, 3.8) is 0 Å². The van der Waals surface area contributed by atoms with Gasteiger partial charge in [-0.05, 0) is 17.7 Å². The largest absolute Gasteiger partial charge is 0.507 e. The molecule has 8 nitrogen and oxygen atoms in total. The highest BCUT2D eigenvalue weighted by Gasteiger charge is 2.31. The first-order chi connectivity index (χ1) is 13.3. The van der Waals surface area contributed by atoms with E-state index in [1.165, 1.54) is 33.1 Å². The molecule has 1 atom stereocenters. The lowest BCUT2D eigenvalue weighted by Crippen LogP contribution is -2.21. The van der Waals surface area contributed by atoms with Gasteiger partial charge in [0.2, 0.25) is 0 Å². The van der Waals surface area contributed by atoms with E-state index in [0.29, 0.717) is 11.3 Å². The highest BCUT2D eigenvalue weighted by atomic mass is 16.6. The van der Waals surface area contributed by atoms with Gasteiger partial charge in [-0.2, -0.15) is 0 Å². The van der Waals surface area contributed by atoms with Gasteiger partial charge >= 0.3 is 11.9 Å². The van der Waals surface area contributed by atoms with Gasteiger partial charge in [-0.3, -0.25) is 14.4 Å². The average Bonchev–Trinajstić information content (AvgIpc) is 2.59. The van der Waals surface area contributed by atoms with Crippen molar-refractivity contribution in [2.24, 2.45) is 0 Å². The predicted molar refractivity (Wildman–Crippen MR) is 96.0 cm³/mol. The van der Waals surface area contributed by atoms with Crippen molar-refractivity contribution in [1.29, 1.82) is 0 Å². The van der Waals surface area contributed by atoms with Gasteiger partial charge in [-0.15, -0.1) is 0 Å². The quantitative estimate of drug-likeness (QED) is 0.631. The minimum absolute atomic E-state index is 0.0285. The Balaban J connectivity index is 1.97. The van der Waals surface area contributed by atoms with Crippen LogP contribution in [0.5, 0.6) is 28.7 Å². The monoisotopic (exact) mass is 386 g/mol. The van der Waals surface area contributed by atoms with E-state index in [1.807, 2.05) is 0 Å². The van der Waals surface area contributed by atoms with E-state index >= 15 is 0 Å². The predicted octanol–water partition coefficient (Wildman–Crippen LogP) is 2.96. The average molecular weight is 386 g/mol. The Morgan fingerprint density at radius 2 is 1.79 bits per heavy atom. The van der Waals surface area contributed by atoms with E-state index in [4.69, 9.17) is 18.9 Å². The summed E-state index contributed by atoms with van der Waals surface area (Å²) < 4.78 is 21.1.